The van der Waals surface area contributed by atoms with Gasteiger partial charge >= 0.3 is 0 Å². The van der Waals surface area contributed by atoms with Crippen LogP contribution in [0.2, 0.25) is 0 Å². The Kier molecular flexibility index (Phi) is 8.52. The number of carbonyl (C=O) groups excluding carboxylic acids is 2. The van der Waals surface area contributed by atoms with Gasteiger partial charge in [-0.2, -0.15) is 0 Å². The highest BCUT2D eigenvalue weighted by Gasteiger charge is 2.74. The Bertz CT molecular complexity index is 1040. The lowest BCUT2D eigenvalue weighted by atomic mass is 9.66. The Morgan fingerprint density at radius 1 is 0.738 bits per heavy atom. The second kappa shape index (κ2) is 11.2. The van der Waals surface area contributed by atoms with Crippen LogP contribution in [0.5, 0.6) is 0 Å². The van der Waals surface area contributed by atoms with E-state index in [1.807, 2.05) is 13.8 Å². The van der Waals surface area contributed by atoms with Crippen LogP contribution in [-0.2, 0) is 38.0 Å². The number of epoxide rings is 4. The molecule has 12 atom stereocenters. The van der Waals surface area contributed by atoms with E-state index in [1.54, 1.807) is 14.2 Å². The number of hydrogen-bond donors (Lipinski definition) is 0. The average molecular weight is 589 g/mol. The Balaban J connectivity index is 0.000000168. The molecule has 0 bridgehead atoms. The number of ketones is 2. The van der Waals surface area contributed by atoms with E-state index >= 15 is 0 Å². The third kappa shape index (κ3) is 5.61. The van der Waals surface area contributed by atoms with Crippen LogP contribution in [0.1, 0.15) is 81.1 Å². The molecule has 2 aliphatic carbocycles. The molecule has 8 nitrogen and oxygen atoms in total. The van der Waals surface area contributed by atoms with E-state index < -0.39 is 12.2 Å². The first-order valence-corrected chi connectivity index (χ1v) is 15.7. The fourth-order valence-corrected chi connectivity index (χ4v) is 8.21. The fourth-order valence-electron chi connectivity index (χ4n) is 8.21. The number of allylic oxidation sites excluding steroid dienone is 2. The van der Waals surface area contributed by atoms with Crippen molar-refractivity contribution in [3.63, 3.8) is 0 Å². The highest BCUT2D eigenvalue weighted by molar-refractivity contribution is 5.88. The zero-order valence-corrected chi connectivity index (χ0v) is 27.3. The van der Waals surface area contributed by atoms with Crippen LogP contribution < -0.4 is 0 Å². The van der Waals surface area contributed by atoms with Gasteiger partial charge in [-0.15, -0.1) is 0 Å². The molecule has 2 spiro atoms. The molecular weight excluding hydrogens is 536 g/mol. The fraction of sp³-hybridized carbons (Fsp3) is 0.824. The summed E-state index contributed by atoms with van der Waals surface area (Å²) in [4.78, 5) is 25.0. The minimum absolute atomic E-state index is 0.00674. The topological polar surface area (TPSA) is 103 Å². The van der Waals surface area contributed by atoms with E-state index in [4.69, 9.17) is 28.4 Å². The van der Waals surface area contributed by atoms with E-state index in [0.29, 0.717) is 0 Å². The van der Waals surface area contributed by atoms with E-state index in [-0.39, 0.29) is 69.9 Å². The Morgan fingerprint density at radius 3 is 1.33 bits per heavy atom. The van der Waals surface area contributed by atoms with E-state index in [1.165, 1.54) is 11.1 Å². The maximum absolute atomic E-state index is 12.5. The summed E-state index contributed by atoms with van der Waals surface area (Å²) < 4.78 is 34.8. The van der Waals surface area contributed by atoms with Crippen molar-refractivity contribution in [2.24, 2.45) is 23.7 Å². The molecule has 42 heavy (non-hydrogen) atoms. The Morgan fingerprint density at radius 2 is 1.07 bits per heavy atom. The highest BCUT2D eigenvalue weighted by Crippen LogP contribution is 2.60. The molecule has 0 aromatic heterocycles. The first-order valence-electron chi connectivity index (χ1n) is 15.7. The van der Waals surface area contributed by atoms with Gasteiger partial charge in [0.05, 0.1) is 37.3 Å². The summed E-state index contributed by atoms with van der Waals surface area (Å²) in [6.45, 7) is 18.0. The quantitative estimate of drug-likeness (QED) is 0.288. The Hall–Kier alpha value is -1.42. The second-order valence-corrected chi connectivity index (χ2v) is 14.6. The highest BCUT2D eigenvalue weighted by atomic mass is 16.6. The van der Waals surface area contributed by atoms with Gasteiger partial charge in [0, 0.05) is 26.1 Å². The van der Waals surface area contributed by atoms with Gasteiger partial charge in [-0.3, -0.25) is 9.59 Å². The first kappa shape index (κ1) is 32.0. The molecular formula is C34H52O8. The molecule has 0 aromatic carbocycles. The zero-order chi connectivity index (χ0) is 30.8. The van der Waals surface area contributed by atoms with E-state index in [9.17, 15) is 9.59 Å². The summed E-state index contributed by atoms with van der Waals surface area (Å²) in [6, 6.07) is 0. The molecule has 8 heteroatoms. The lowest BCUT2D eigenvalue weighted by molar-refractivity contribution is -0.148. The number of methoxy groups -OCH3 is 2. The number of hydrogen-bond acceptors (Lipinski definition) is 8. The Labute approximate surface area is 251 Å². The molecule has 0 amide bonds. The summed E-state index contributed by atoms with van der Waals surface area (Å²) in [6.07, 6.45) is 7.30. The molecule has 0 N–H and O–H groups in total. The van der Waals surface area contributed by atoms with Crippen LogP contribution in [0, 0.1) is 23.7 Å². The second-order valence-electron chi connectivity index (χ2n) is 14.6. The van der Waals surface area contributed by atoms with Gasteiger partial charge in [0.25, 0.3) is 0 Å². The van der Waals surface area contributed by atoms with Crippen molar-refractivity contribution >= 4 is 11.6 Å². The van der Waals surface area contributed by atoms with Crippen LogP contribution in [0.25, 0.3) is 0 Å². The molecule has 6 aliphatic rings. The molecule has 236 valence electrons. The molecule has 4 heterocycles. The third-order valence-electron chi connectivity index (χ3n) is 10.8. The normalized spacial score (nSPS) is 48.3. The van der Waals surface area contributed by atoms with Gasteiger partial charge in [0.2, 0.25) is 0 Å². The summed E-state index contributed by atoms with van der Waals surface area (Å²) in [7, 11) is 3.25. The van der Waals surface area contributed by atoms with Gasteiger partial charge in [-0.05, 0) is 67.2 Å². The summed E-state index contributed by atoms with van der Waals surface area (Å²) in [5.41, 5.74) is 1.56. The van der Waals surface area contributed by atoms with Gasteiger partial charge in [-0.25, -0.2) is 0 Å². The van der Waals surface area contributed by atoms with Gasteiger partial charge in [0.15, 0.2) is 11.6 Å². The third-order valence-corrected chi connectivity index (χ3v) is 10.8. The first-order chi connectivity index (χ1) is 19.7. The average Bonchev–Trinajstić information content (AvgIpc) is 3.78. The van der Waals surface area contributed by atoms with Crippen molar-refractivity contribution in [2.75, 3.05) is 27.4 Å². The molecule has 0 radical (unpaired) electrons. The van der Waals surface area contributed by atoms with Crippen molar-refractivity contribution < 1.29 is 38.0 Å². The number of rotatable bonds is 8. The van der Waals surface area contributed by atoms with Crippen molar-refractivity contribution in [1.29, 1.82) is 0 Å². The molecule has 6 fully saturated rings. The molecule has 6 rings (SSSR count). The summed E-state index contributed by atoms with van der Waals surface area (Å²) in [5, 5.41) is 0. The van der Waals surface area contributed by atoms with E-state index in [2.05, 4.69) is 53.7 Å². The van der Waals surface area contributed by atoms with Crippen molar-refractivity contribution in [2.45, 2.75) is 128 Å². The van der Waals surface area contributed by atoms with Crippen molar-refractivity contribution in [3.05, 3.63) is 23.3 Å². The SMILES string of the molecule is CO[C@@H]1C(=O)[C@@H](C)C[C@]2(CO2)[C@H]1[C@@]1(C)O[C@@H]1CC=C(C)C.CO[C@@H]1C(=O)[C@H](C)C[C@]2(CO2)[C@H]1[C@@]1(C)O[C@@H]1CC=C(C)C. The monoisotopic (exact) mass is 588 g/mol. The van der Waals surface area contributed by atoms with Crippen molar-refractivity contribution in [3.8, 4) is 0 Å². The smallest absolute Gasteiger partial charge is 0.164 e. The lowest BCUT2D eigenvalue weighted by Gasteiger charge is -2.40. The standard InChI is InChI=1S/2C17H26O4/c2*1-10(2)6-7-12-16(4,21-12)15-14(19-5)13(18)11(3)8-17(15)9-20-17/h2*6,11-12,14-15H,7-9H2,1-5H3/t11-,12+,14+,15+,16-,17-;11-,12-,14-,15-,16+,17+/m01/s1. The van der Waals surface area contributed by atoms with Crippen LogP contribution in [0.3, 0.4) is 0 Å². The van der Waals surface area contributed by atoms with Gasteiger partial charge in [-0.1, -0.05) is 37.1 Å². The minimum atomic E-state index is -0.405. The van der Waals surface area contributed by atoms with Crippen LogP contribution >= 0.6 is 0 Å². The number of Topliss-reactive ketones (excluding diaryl/α,β-unsaturated/α-hetero) is 2. The number of carbonyl (C=O) groups is 2. The summed E-state index contributed by atoms with van der Waals surface area (Å²) in [5.74, 6) is 0.422. The molecule has 0 aromatic rings. The van der Waals surface area contributed by atoms with Gasteiger partial charge in [0.1, 0.15) is 34.6 Å². The predicted octanol–water partition coefficient (Wildman–Crippen LogP) is 5.02. The molecule has 4 aliphatic heterocycles. The van der Waals surface area contributed by atoms with Crippen LogP contribution in [0.15, 0.2) is 23.3 Å². The maximum Gasteiger partial charge on any atom is 0.164 e. The summed E-state index contributed by atoms with van der Waals surface area (Å²) >= 11 is 0. The van der Waals surface area contributed by atoms with Crippen molar-refractivity contribution in [1.82, 2.24) is 0 Å². The van der Waals surface area contributed by atoms with Crippen LogP contribution in [0.4, 0.5) is 0 Å². The molecule has 0 unspecified atom stereocenters. The number of ether oxygens (including phenoxy) is 6. The predicted molar refractivity (Wildman–Crippen MR) is 158 cm³/mol. The largest absolute Gasteiger partial charge is 0.373 e. The zero-order valence-electron chi connectivity index (χ0n) is 27.3. The molecule has 4 saturated heterocycles. The lowest BCUT2D eigenvalue weighted by Crippen LogP contribution is -2.55. The molecule has 2 saturated carbocycles. The van der Waals surface area contributed by atoms with Gasteiger partial charge < -0.3 is 28.4 Å². The van der Waals surface area contributed by atoms with E-state index in [0.717, 1.165) is 38.9 Å². The van der Waals surface area contributed by atoms with Crippen LogP contribution in [-0.4, -0.2) is 85.8 Å². The maximum atomic E-state index is 12.5. The minimum Gasteiger partial charge on any atom is -0.373 e.